The number of halogens is 2. The summed E-state index contributed by atoms with van der Waals surface area (Å²) in [4.78, 5) is 0. The van der Waals surface area contributed by atoms with Crippen LogP contribution in [0.3, 0.4) is 0 Å². The van der Waals surface area contributed by atoms with E-state index in [0.29, 0.717) is 0 Å². The van der Waals surface area contributed by atoms with Gasteiger partial charge >= 0.3 is 0 Å². The van der Waals surface area contributed by atoms with E-state index in [-0.39, 0.29) is 11.9 Å². The molecule has 3 heteroatoms. The molecule has 1 aliphatic rings. The van der Waals surface area contributed by atoms with Crippen molar-refractivity contribution in [2.45, 2.75) is 32.2 Å². The van der Waals surface area contributed by atoms with E-state index < -0.39 is 0 Å². The van der Waals surface area contributed by atoms with E-state index in [1.54, 1.807) is 12.1 Å². The first-order valence-electron chi connectivity index (χ1n) is 7.49. The monoisotopic (exact) mass is 347 g/mol. The number of hydrogen-bond acceptors (Lipinski definition) is 1. The average molecular weight is 348 g/mol. The van der Waals surface area contributed by atoms with Gasteiger partial charge in [0.15, 0.2) is 0 Å². The number of aryl methyl sites for hydroxylation is 2. The fourth-order valence-electron chi connectivity index (χ4n) is 3.12. The molecule has 0 amide bonds. The molecule has 1 aliphatic carbocycles. The Morgan fingerprint density at radius 3 is 2.76 bits per heavy atom. The molecular formula is C18H19BrFN. The van der Waals surface area contributed by atoms with Crippen LogP contribution in [0.2, 0.25) is 0 Å². The minimum atomic E-state index is -0.197. The molecule has 0 fully saturated rings. The van der Waals surface area contributed by atoms with Crippen molar-refractivity contribution in [1.29, 1.82) is 0 Å². The predicted molar refractivity (Wildman–Crippen MR) is 88.1 cm³/mol. The van der Waals surface area contributed by atoms with E-state index in [9.17, 15) is 4.39 Å². The van der Waals surface area contributed by atoms with Gasteiger partial charge in [-0.25, -0.2) is 4.39 Å². The van der Waals surface area contributed by atoms with Crippen molar-refractivity contribution in [3.05, 3.63) is 68.9 Å². The van der Waals surface area contributed by atoms with Crippen LogP contribution in [0.4, 0.5) is 4.39 Å². The summed E-state index contributed by atoms with van der Waals surface area (Å²) in [6, 6.07) is 11.6. The maximum atomic E-state index is 13.6. The number of rotatable bonds is 4. The van der Waals surface area contributed by atoms with Crippen molar-refractivity contribution in [2.24, 2.45) is 0 Å². The van der Waals surface area contributed by atoms with Gasteiger partial charge in [-0.1, -0.05) is 41.1 Å². The summed E-state index contributed by atoms with van der Waals surface area (Å²) < 4.78 is 14.6. The minimum absolute atomic E-state index is 0.0194. The Balaban J connectivity index is 2.03. The summed E-state index contributed by atoms with van der Waals surface area (Å²) in [5.41, 5.74) is 5.08. The lowest BCUT2D eigenvalue weighted by molar-refractivity contribution is 0.601. The molecule has 3 rings (SSSR count). The lowest BCUT2D eigenvalue weighted by Gasteiger charge is -2.21. The van der Waals surface area contributed by atoms with Crippen molar-refractivity contribution in [3.8, 4) is 0 Å². The Morgan fingerprint density at radius 1 is 1.14 bits per heavy atom. The standard InChI is InChI=1S/C18H19BrFN/c1-2-21-18(16-11-15(20)8-9-17(16)19)14-7-6-12-4-3-5-13(12)10-14/h6-11,18,21H,2-5H2,1H3. The molecule has 2 aromatic rings. The van der Waals surface area contributed by atoms with Gasteiger partial charge in [-0.05, 0) is 66.3 Å². The quantitative estimate of drug-likeness (QED) is 0.839. The Bertz CT molecular complexity index is 654. The van der Waals surface area contributed by atoms with Crippen molar-refractivity contribution in [2.75, 3.05) is 6.54 Å². The number of nitrogens with one attached hydrogen (secondary N) is 1. The third-order valence-electron chi connectivity index (χ3n) is 4.13. The first kappa shape index (κ1) is 14.7. The number of benzene rings is 2. The van der Waals surface area contributed by atoms with Crippen LogP contribution in [0.25, 0.3) is 0 Å². The zero-order chi connectivity index (χ0) is 14.8. The Morgan fingerprint density at radius 2 is 1.95 bits per heavy atom. The third kappa shape index (κ3) is 3.04. The molecule has 0 bridgehead atoms. The molecule has 1 unspecified atom stereocenters. The van der Waals surface area contributed by atoms with Gasteiger partial charge in [-0.15, -0.1) is 0 Å². The molecule has 0 saturated heterocycles. The van der Waals surface area contributed by atoms with E-state index >= 15 is 0 Å². The topological polar surface area (TPSA) is 12.0 Å². The first-order chi connectivity index (χ1) is 10.2. The summed E-state index contributed by atoms with van der Waals surface area (Å²) in [7, 11) is 0. The second kappa shape index (κ2) is 6.29. The minimum Gasteiger partial charge on any atom is -0.306 e. The molecule has 0 aromatic heterocycles. The van der Waals surface area contributed by atoms with Crippen LogP contribution in [0, 0.1) is 5.82 Å². The Kier molecular flexibility index (Phi) is 4.41. The summed E-state index contributed by atoms with van der Waals surface area (Å²) in [5.74, 6) is -0.197. The molecule has 1 nitrogen and oxygen atoms in total. The summed E-state index contributed by atoms with van der Waals surface area (Å²) in [6.07, 6.45) is 3.59. The fraction of sp³-hybridized carbons (Fsp3) is 0.333. The van der Waals surface area contributed by atoms with Crippen LogP contribution in [-0.2, 0) is 12.8 Å². The van der Waals surface area contributed by atoms with E-state index in [1.807, 2.05) is 0 Å². The van der Waals surface area contributed by atoms with Gasteiger partial charge in [-0.3, -0.25) is 0 Å². The molecule has 21 heavy (non-hydrogen) atoms. The van der Waals surface area contributed by atoms with Crippen LogP contribution in [-0.4, -0.2) is 6.54 Å². The second-order valence-electron chi connectivity index (χ2n) is 5.54. The normalized spacial score (nSPS) is 15.0. The SMILES string of the molecule is CCNC(c1ccc2c(c1)CCC2)c1cc(F)ccc1Br. The molecular weight excluding hydrogens is 329 g/mol. The van der Waals surface area contributed by atoms with Crippen LogP contribution >= 0.6 is 15.9 Å². The molecule has 2 aromatic carbocycles. The van der Waals surface area contributed by atoms with Crippen LogP contribution in [0.1, 0.15) is 41.6 Å². The Labute approximate surface area is 133 Å². The molecule has 110 valence electrons. The second-order valence-corrected chi connectivity index (χ2v) is 6.39. The highest BCUT2D eigenvalue weighted by atomic mass is 79.9. The van der Waals surface area contributed by atoms with Gasteiger partial charge in [0, 0.05) is 4.47 Å². The highest BCUT2D eigenvalue weighted by molar-refractivity contribution is 9.10. The smallest absolute Gasteiger partial charge is 0.123 e. The molecule has 0 spiro atoms. The van der Waals surface area contributed by atoms with Gasteiger partial charge < -0.3 is 5.32 Å². The van der Waals surface area contributed by atoms with Gasteiger partial charge in [0.2, 0.25) is 0 Å². The molecule has 0 aliphatic heterocycles. The molecule has 0 saturated carbocycles. The van der Waals surface area contributed by atoms with Crippen molar-refractivity contribution < 1.29 is 4.39 Å². The van der Waals surface area contributed by atoms with E-state index in [4.69, 9.17) is 0 Å². The van der Waals surface area contributed by atoms with Gasteiger partial charge in [0.1, 0.15) is 5.82 Å². The number of hydrogen-bond donors (Lipinski definition) is 1. The van der Waals surface area contributed by atoms with Crippen molar-refractivity contribution in [3.63, 3.8) is 0 Å². The predicted octanol–water partition coefficient (Wildman–Crippen LogP) is 4.78. The average Bonchev–Trinajstić information content (AvgIpc) is 2.95. The molecule has 0 heterocycles. The summed E-state index contributed by atoms with van der Waals surface area (Å²) >= 11 is 3.55. The highest BCUT2D eigenvalue weighted by Crippen LogP contribution is 2.32. The molecule has 1 N–H and O–H groups in total. The highest BCUT2D eigenvalue weighted by Gasteiger charge is 2.19. The Hall–Kier alpha value is -1.19. The zero-order valence-corrected chi connectivity index (χ0v) is 13.7. The zero-order valence-electron chi connectivity index (χ0n) is 12.1. The van der Waals surface area contributed by atoms with Crippen molar-refractivity contribution >= 4 is 15.9 Å². The lowest BCUT2D eigenvalue weighted by atomic mass is 9.95. The summed E-state index contributed by atoms with van der Waals surface area (Å²) in [6.45, 7) is 2.91. The lowest BCUT2D eigenvalue weighted by Crippen LogP contribution is -2.22. The summed E-state index contributed by atoms with van der Waals surface area (Å²) in [5, 5.41) is 3.48. The number of fused-ring (bicyclic) bond motifs is 1. The van der Waals surface area contributed by atoms with E-state index in [0.717, 1.165) is 23.0 Å². The fourth-order valence-corrected chi connectivity index (χ4v) is 3.59. The van der Waals surface area contributed by atoms with Crippen LogP contribution < -0.4 is 5.32 Å². The van der Waals surface area contributed by atoms with Crippen molar-refractivity contribution in [1.82, 2.24) is 5.32 Å². The van der Waals surface area contributed by atoms with Gasteiger partial charge in [0.05, 0.1) is 6.04 Å². The van der Waals surface area contributed by atoms with E-state index in [2.05, 4.69) is 46.4 Å². The van der Waals surface area contributed by atoms with Gasteiger partial charge in [0.25, 0.3) is 0 Å². The van der Waals surface area contributed by atoms with E-state index in [1.165, 1.54) is 35.6 Å². The molecule has 0 radical (unpaired) electrons. The van der Waals surface area contributed by atoms with Crippen LogP contribution in [0.5, 0.6) is 0 Å². The van der Waals surface area contributed by atoms with Crippen LogP contribution in [0.15, 0.2) is 40.9 Å². The maximum Gasteiger partial charge on any atom is 0.123 e. The third-order valence-corrected chi connectivity index (χ3v) is 4.86. The largest absolute Gasteiger partial charge is 0.306 e. The van der Waals surface area contributed by atoms with Gasteiger partial charge in [-0.2, -0.15) is 0 Å². The first-order valence-corrected chi connectivity index (χ1v) is 8.28. The molecule has 1 atom stereocenters. The maximum absolute atomic E-state index is 13.6.